The highest BCUT2D eigenvalue weighted by atomic mass is 16.4. The summed E-state index contributed by atoms with van der Waals surface area (Å²) in [5.41, 5.74) is 8.03. The number of hydrogen-bond donors (Lipinski definition) is 3. The van der Waals surface area contributed by atoms with Crippen LogP contribution in [0.2, 0.25) is 0 Å². The molecule has 1 atom stereocenters. The first-order valence-corrected chi connectivity index (χ1v) is 5.93. The molecule has 0 aliphatic rings. The molecule has 0 heterocycles. The van der Waals surface area contributed by atoms with E-state index in [1.807, 2.05) is 6.92 Å². The first-order valence-electron chi connectivity index (χ1n) is 5.93. The molecule has 0 aliphatic heterocycles. The molecule has 4 N–H and O–H groups in total. The van der Waals surface area contributed by atoms with Crippen molar-refractivity contribution in [3.63, 3.8) is 0 Å². The van der Waals surface area contributed by atoms with Gasteiger partial charge in [-0.3, -0.25) is 0 Å². The van der Waals surface area contributed by atoms with Crippen LogP contribution in [0.4, 0.5) is 0 Å². The van der Waals surface area contributed by atoms with Gasteiger partial charge in [-0.05, 0) is 24.5 Å². The van der Waals surface area contributed by atoms with Crippen molar-refractivity contribution in [3.05, 3.63) is 35.4 Å². The summed E-state index contributed by atoms with van der Waals surface area (Å²) in [6, 6.07) is 8.73. The van der Waals surface area contributed by atoms with Crippen molar-refractivity contribution in [2.45, 2.75) is 39.3 Å². The molecule has 0 amide bonds. The number of nitrogens with two attached hydrogens (primary N) is 1. The van der Waals surface area contributed by atoms with Crippen LogP contribution in [-0.4, -0.2) is 17.1 Å². The molecule has 0 aromatic heterocycles. The lowest BCUT2D eigenvalue weighted by molar-refractivity contribution is 0.316. The Balaban J connectivity index is 2.39. The van der Waals surface area contributed by atoms with Gasteiger partial charge in [0.15, 0.2) is 0 Å². The molecule has 0 bridgehead atoms. The zero-order valence-corrected chi connectivity index (χ0v) is 10.5. The Morgan fingerprint density at radius 1 is 1.35 bits per heavy atom. The highest BCUT2D eigenvalue weighted by Gasteiger charge is 2.04. The molecule has 4 heteroatoms. The van der Waals surface area contributed by atoms with Crippen molar-refractivity contribution in [1.82, 2.24) is 5.32 Å². The first kappa shape index (κ1) is 13.5. The number of nitrogens with one attached hydrogen (secondary N) is 1. The van der Waals surface area contributed by atoms with E-state index in [0.29, 0.717) is 6.42 Å². The van der Waals surface area contributed by atoms with E-state index >= 15 is 0 Å². The van der Waals surface area contributed by atoms with Gasteiger partial charge in [0.2, 0.25) is 0 Å². The molecule has 1 unspecified atom stereocenters. The van der Waals surface area contributed by atoms with Crippen LogP contribution in [-0.2, 0) is 13.0 Å². The monoisotopic (exact) mass is 235 g/mol. The third kappa shape index (κ3) is 4.87. The van der Waals surface area contributed by atoms with Gasteiger partial charge in [-0.15, -0.1) is 0 Å². The Morgan fingerprint density at radius 3 is 2.47 bits per heavy atom. The number of nitrogens with zero attached hydrogens (tertiary/aromatic N) is 1. The van der Waals surface area contributed by atoms with Gasteiger partial charge in [0.25, 0.3) is 0 Å². The molecule has 94 valence electrons. The van der Waals surface area contributed by atoms with Gasteiger partial charge in [-0.1, -0.05) is 36.3 Å². The van der Waals surface area contributed by atoms with E-state index in [2.05, 4.69) is 41.7 Å². The Morgan fingerprint density at radius 2 is 1.94 bits per heavy atom. The predicted molar refractivity (Wildman–Crippen MR) is 70.1 cm³/mol. The normalized spacial score (nSPS) is 13.6. The number of amidine groups is 1. The third-order valence-corrected chi connectivity index (χ3v) is 2.73. The summed E-state index contributed by atoms with van der Waals surface area (Å²) in [7, 11) is 0. The van der Waals surface area contributed by atoms with Crippen LogP contribution < -0.4 is 11.1 Å². The van der Waals surface area contributed by atoms with Crippen LogP contribution in [0.3, 0.4) is 0 Å². The van der Waals surface area contributed by atoms with E-state index in [4.69, 9.17) is 10.9 Å². The van der Waals surface area contributed by atoms with Gasteiger partial charge >= 0.3 is 0 Å². The van der Waals surface area contributed by atoms with Crippen LogP contribution in [0.15, 0.2) is 29.4 Å². The van der Waals surface area contributed by atoms with Crippen LogP contribution >= 0.6 is 0 Å². The lowest BCUT2D eigenvalue weighted by Gasteiger charge is -2.13. The first-order chi connectivity index (χ1) is 8.15. The van der Waals surface area contributed by atoms with E-state index in [1.165, 1.54) is 11.1 Å². The van der Waals surface area contributed by atoms with Crippen LogP contribution in [0.25, 0.3) is 0 Å². The lowest BCUT2D eigenvalue weighted by atomic mass is 10.1. The Kier molecular flexibility index (Phi) is 5.49. The van der Waals surface area contributed by atoms with Crippen LogP contribution in [0.1, 0.15) is 31.4 Å². The fourth-order valence-electron chi connectivity index (χ4n) is 1.61. The minimum absolute atomic E-state index is 0.191. The molecule has 0 saturated carbocycles. The van der Waals surface area contributed by atoms with Gasteiger partial charge in [-0.25, -0.2) is 0 Å². The second-order valence-corrected chi connectivity index (χ2v) is 4.25. The molecule has 1 aromatic carbocycles. The fourth-order valence-corrected chi connectivity index (χ4v) is 1.61. The topological polar surface area (TPSA) is 70.6 Å². The molecule has 0 radical (unpaired) electrons. The molecule has 0 saturated heterocycles. The fraction of sp³-hybridized carbons (Fsp3) is 0.462. The van der Waals surface area contributed by atoms with Crippen molar-refractivity contribution in [2.24, 2.45) is 10.9 Å². The third-order valence-electron chi connectivity index (χ3n) is 2.73. The van der Waals surface area contributed by atoms with Crippen molar-refractivity contribution in [3.8, 4) is 0 Å². The standard InChI is InChI=1S/C13H21N3O/c1-3-11-4-6-12(7-5-11)9-15-10(2)8-13(14)16-17/h4-7,10,15,17H,3,8-9H2,1-2H3,(H2,14,16). The number of oxime groups is 1. The molecule has 1 rings (SSSR count). The Bertz CT molecular complexity index is 359. The SMILES string of the molecule is CCc1ccc(CNC(C)C/C(N)=N/O)cc1. The quantitative estimate of drug-likeness (QED) is 0.305. The van der Waals surface area contributed by atoms with Crippen molar-refractivity contribution < 1.29 is 5.21 Å². The summed E-state index contributed by atoms with van der Waals surface area (Å²) in [5.74, 6) is 0.256. The largest absolute Gasteiger partial charge is 0.409 e. The molecule has 0 fully saturated rings. The molecule has 17 heavy (non-hydrogen) atoms. The smallest absolute Gasteiger partial charge is 0.140 e. The zero-order valence-electron chi connectivity index (χ0n) is 10.5. The van der Waals surface area contributed by atoms with E-state index < -0.39 is 0 Å². The van der Waals surface area contributed by atoms with E-state index in [1.54, 1.807) is 0 Å². The van der Waals surface area contributed by atoms with Gasteiger partial charge < -0.3 is 16.3 Å². The maximum Gasteiger partial charge on any atom is 0.140 e. The number of aryl methyl sites for hydroxylation is 1. The van der Waals surface area contributed by atoms with Gasteiger partial charge in [0, 0.05) is 19.0 Å². The van der Waals surface area contributed by atoms with Gasteiger partial charge in [0.1, 0.15) is 5.84 Å². The van der Waals surface area contributed by atoms with E-state index in [9.17, 15) is 0 Å². The lowest BCUT2D eigenvalue weighted by Crippen LogP contribution is -2.30. The highest BCUT2D eigenvalue weighted by molar-refractivity contribution is 5.80. The summed E-state index contributed by atoms with van der Waals surface area (Å²) in [4.78, 5) is 0. The van der Waals surface area contributed by atoms with Gasteiger partial charge in [-0.2, -0.15) is 0 Å². The summed E-state index contributed by atoms with van der Waals surface area (Å²) < 4.78 is 0. The molecule has 1 aromatic rings. The minimum atomic E-state index is 0.191. The van der Waals surface area contributed by atoms with Crippen molar-refractivity contribution in [1.29, 1.82) is 0 Å². The maximum absolute atomic E-state index is 8.46. The molecule has 4 nitrogen and oxygen atoms in total. The maximum atomic E-state index is 8.46. The average Bonchev–Trinajstić information content (AvgIpc) is 2.36. The van der Waals surface area contributed by atoms with Crippen molar-refractivity contribution >= 4 is 5.84 Å². The minimum Gasteiger partial charge on any atom is -0.409 e. The second kappa shape index (κ2) is 6.91. The summed E-state index contributed by atoms with van der Waals surface area (Å²) in [6.07, 6.45) is 1.61. The van der Waals surface area contributed by atoms with Gasteiger partial charge in [0.05, 0.1) is 0 Å². The predicted octanol–water partition coefficient (Wildman–Crippen LogP) is 1.86. The van der Waals surface area contributed by atoms with Crippen LogP contribution in [0.5, 0.6) is 0 Å². The highest BCUT2D eigenvalue weighted by Crippen LogP contribution is 2.05. The van der Waals surface area contributed by atoms with Crippen molar-refractivity contribution in [2.75, 3.05) is 0 Å². The average molecular weight is 235 g/mol. The van der Waals surface area contributed by atoms with E-state index in [-0.39, 0.29) is 11.9 Å². The molecule has 0 spiro atoms. The zero-order chi connectivity index (χ0) is 12.7. The summed E-state index contributed by atoms with van der Waals surface area (Å²) >= 11 is 0. The number of hydrogen-bond acceptors (Lipinski definition) is 3. The Hall–Kier alpha value is -1.55. The molecular formula is C13H21N3O. The molecular weight excluding hydrogens is 214 g/mol. The number of rotatable bonds is 6. The van der Waals surface area contributed by atoms with Crippen LogP contribution in [0, 0.1) is 0 Å². The molecule has 0 aliphatic carbocycles. The summed E-state index contributed by atoms with van der Waals surface area (Å²) in [6.45, 7) is 4.95. The number of benzene rings is 1. The Labute approximate surface area is 103 Å². The van der Waals surface area contributed by atoms with E-state index in [0.717, 1.165) is 13.0 Å². The second-order valence-electron chi connectivity index (χ2n) is 4.25. The summed E-state index contributed by atoms with van der Waals surface area (Å²) in [5, 5.41) is 14.8.